The lowest BCUT2D eigenvalue weighted by atomic mass is 9.52. The maximum absolute atomic E-state index is 13.7. The molecule has 4 aliphatic carbocycles. The lowest BCUT2D eigenvalue weighted by Crippen LogP contribution is -2.51. The average molecular weight is 529 g/mol. The van der Waals surface area contributed by atoms with Gasteiger partial charge in [0, 0.05) is 25.8 Å². The van der Waals surface area contributed by atoms with Crippen molar-refractivity contribution >= 4 is 28.5 Å². The van der Waals surface area contributed by atoms with Gasteiger partial charge < -0.3 is 10.0 Å². The van der Waals surface area contributed by atoms with Crippen molar-refractivity contribution in [2.45, 2.75) is 116 Å². The van der Waals surface area contributed by atoms with Gasteiger partial charge in [0.1, 0.15) is 5.78 Å². The molecule has 37 heavy (non-hydrogen) atoms. The number of nitrogens with zero attached hydrogens (tertiary/aromatic N) is 2. The Bertz CT molecular complexity index is 933. The van der Waals surface area contributed by atoms with Crippen LogP contribution in [-0.4, -0.2) is 57.7 Å². The molecule has 1 heterocycles. The first-order valence-electron chi connectivity index (χ1n) is 15.1. The van der Waals surface area contributed by atoms with E-state index in [1.165, 1.54) is 25.7 Å². The summed E-state index contributed by atoms with van der Waals surface area (Å²) in [6, 6.07) is 0.916. The van der Waals surface area contributed by atoms with Gasteiger partial charge in [-0.3, -0.25) is 14.6 Å². The number of ketones is 2. The maximum Gasteiger partial charge on any atom is 0.160 e. The van der Waals surface area contributed by atoms with Gasteiger partial charge in [0.2, 0.25) is 0 Å². The third kappa shape index (κ3) is 5.23. The molecule has 9 atom stereocenters. The molecule has 0 saturated heterocycles. The molecule has 0 radical (unpaired) electrons. The number of aliphatic imine (C=N–C) groups is 1. The molecular weight excluding hydrogens is 480 g/mol. The number of rotatable bonds is 8. The number of fused-ring (bicyclic) bond motifs is 4. The summed E-state index contributed by atoms with van der Waals surface area (Å²) >= 11 is 1.62. The van der Waals surface area contributed by atoms with Crippen LogP contribution in [0.4, 0.5) is 0 Å². The van der Waals surface area contributed by atoms with Crippen LogP contribution in [0.5, 0.6) is 0 Å². The number of allylic oxidation sites excluding steroid dienone is 1. The molecule has 0 bridgehead atoms. The van der Waals surface area contributed by atoms with Gasteiger partial charge in [0.15, 0.2) is 11.0 Å². The second-order valence-electron chi connectivity index (χ2n) is 13.2. The molecule has 5 rings (SSSR count). The van der Waals surface area contributed by atoms with Crippen molar-refractivity contribution in [2.24, 2.45) is 40.0 Å². The number of Topliss-reactive ketones (excluding diaryl/α,β-unsaturated/α-hetero) is 2. The van der Waals surface area contributed by atoms with Crippen molar-refractivity contribution in [2.75, 3.05) is 12.8 Å². The quantitative estimate of drug-likeness (QED) is 0.389. The van der Waals surface area contributed by atoms with E-state index in [0.29, 0.717) is 60.6 Å². The number of aliphatic hydroxyl groups is 1. The Balaban J connectivity index is 1.22. The van der Waals surface area contributed by atoms with E-state index >= 15 is 0 Å². The predicted molar refractivity (Wildman–Crippen MR) is 152 cm³/mol. The van der Waals surface area contributed by atoms with Gasteiger partial charge in [-0.25, -0.2) is 0 Å². The number of carbonyl (C=O) groups is 2. The van der Waals surface area contributed by atoms with Crippen LogP contribution in [0.1, 0.15) is 97.3 Å². The molecule has 0 aromatic heterocycles. The lowest BCUT2D eigenvalue weighted by molar-refractivity contribution is -0.133. The molecule has 5 nitrogen and oxygen atoms in total. The normalized spacial score (nSPS) is 41.1. The first-order chi connectivity index (χ1) is 17.7. The number of hydrogen-bond donors (Lipinski definition) is 1. The van der Waals surface area contributed by atoms with Crippen molar-refractivity contribution in [1.29, 1.82) is 0 Å². The second-order valence-corrected chi connectivity index (χ2v) is 14.2. The molecule has 4 saturated carbocycles. The third-order valence-corrected chi connectivity index (χ3v) is 12.0. The highest BCUT2D eigenvalue weighted by Gasteiger charge is 2.60. The topological polar surface area (TPSA) is 70.0 Å². The zero-order chi connectivity index (χ0) is 26.3. The van der Waals surface area contributed by atoms with Crippen LogP contribution in [0.3, 0.4) is 0 Å². The zero-order valence-corrected chi connectivity index (χ0v) is 24.1. The van der Waals surface area contributed by atoms with Crippen LogP contribution in [0.2, 0.25) is 0 Å². The summed E-state index contributed by atoms with van der Waals surface area (Å²) in [6.45, 7) is 8.82. The van der Waals surface area contributed by atoms with E-state index in [0.717, 1.165) is 49.3 Å². The molecule has 0 aromatic rings. The fourth-order valence-corrected chi connectivity index (χ4v) is 10.1. The van der Waals surface area contributed by atoms with E-state index in [-0.39, 0.29) is 29.1 Å². The Labute approximate surface area is 228 Å². The van der Waals surface area contributed by atoms with E-state index in [2.05, 4.69) is 32.4 Å². The first-order valence-corrected chi connectivity index (χ1v) is 16.0. The second kappa shape index (κ2) is 11.2. The van der Waals surface area contributed by atoms with E-state index in [9.17, 15) is 14.7 Å². The van der Waals surface area contributed by atoms with E-state index in [1.807, 2.05) is 0 Å². The monoisotopic (exact) mass is 528 g/mol. The molecule has 4 fully saturated rings. The van der Waals surface area contributed by atoms with Crippen molar-refractivity contribution in [1.82, 2.24) is 4.90 Å². The maximum atomic E-state index is 13.7. The van der Waals surface area contributed by atoms with Crippen LogP contribution in [0.25, 0.3) is 0 Å². The van der Waals surface area contributed by atoms with Gasteiger partial charge in [-0.15, -0.1) is 0 Å². The summed E-state index contributed by atoms with van der Waals surface area (Å²) in [5.41, 5.74) is 0.870. The van der Waals surface area contributed by atoms with Crippen molar-refractivity contribution in [3.05, 3.63) is 12.2 Å². The summed E-state index contributed by atoms with van der Waals surface area (Å²) < 4.78 is 0. The highest BCUT2D eigenvalue weighted by Crippen LogP contribution is 2.63. The van der Waals surface area contributed by atoms with E-state index in [1.54, 1.807) is 11.8 Å². The van der Waals surface area contributed by atoms with Gasteiger partial charge in [0.05, 0.1) is 23.9 Å². The first kappa shape index (κ1) is 27.4. The number of thioether (sulfide) groups is 1. The van der Waals surface area contributed by atoms with Gasteiger partial charge >= 0.3 is 0 Å². The van der Waals surface area contributed by atoms with Crippen LogP contribution in [0, 0.1) is 35.0 Å². The molecule has 206 valence electrons. The summed E-state index contributed by atoms with van der Waals surface area (Å²) in [7, 11) is 2.14. The molecule has 0 amide bonds. The number of carbonyl (C=O) groups excluding carboxylic acids is 2. The summed E-state index contributed by atoms with van der Waals surface area (Å²) in [5.74, 6) is 2.48. The molecule has 6 heteroatoms. The Kier molecular flexibility index (Phi) is 8.27. The molecule has 1 N–H and O–H groups in total. The highest BCUT2D eigenvalue weighted by atomic mass is 32.2. The molecule has 1 aliphatic heterocycles. The minimum absolute atomic E-state index is 0.163. The lowest BCUT2D eigenvalue weighted by Gasteiger charge is -2.53. The molecule has 5 aliphatic rings. The number of likely N-dealkylation sites (N-methyl/N-ethyl adjacent to an activating group) is 1. The minimum Gasteiger partial charge on any atom is -0.393 e. The van der Waals surface area contributed by atoms with Crippen molar-refractivity contribution in [3.8, 4) is 0 Å². The minimum atomic E-state index is -0.387. The number of hydrogen-bond acceptors (Lipinski definition) is 6. The SMILES string of the molecule is C=C1CC2C3CCC(CC(=O)CCCC)CC3[C@@H](O)CC2(C)C1C(=O)CSC1=NC2CCCCC2N1C. The zero-order valence-electron chi connectivity index (χ0n) is 23.3. The van der Waals surface area contributed by atoms with E-state index in [4.69, 9.17) is 4.99 Å². The molecule has 8 unspecified atom stereocenters. The van der Waals surface area contributed by atoms with Gasteiger partial charge in [0.25, 0.3) is 0 Å². The number of amidine groups is 1. The largest absolute Gasteiger partial charge is 0.393 e. The smallest absolute Gasteiger partial charge is 0.160 e. The van der Waals surface area contributed by atoms with E-state index < -0.39 is 0 Å². The molecule has 0 spiro atoms. The fraction of sp³-hybridized carbons (Fsp3) is 0.839. The highest BCUT2D eigenvalue weighted by molar-refractivity contribution is 8.14. The standard InChI is InChI=1S/C31H48N2O3S/c1-5-6-9-21(34)15-20-12-13-22-23(16-20)27(35)17-31(3)24(22)14-19(2)29(31)28(36)18-37-30-32-25-10-7-8-11-26(25)33(30)4/h20,22-27,29,35H,2,5-18H2,1,3-4H3/t20?,22?,23?,24?,25?,26?,27-,29?,31?/m0/s1. The molecule has 0 aromatic carbocycles. The number of aliphatic hydroxyl groups excluding tert-OH is 1. The van der Waals surface area contributed by atoms with Crippen LogP contribution < -0.4 is 0 Å². The Morgan fingerprint density at radius 3 is 2.73 bits per heavy atom. The van der Waals surface area contributed by atoms with Crippen LogP contribution in [-0.2, 0) is 9.59 Å². The number of unbranched alkanes of at least 4 members (excludes halogenated alkanes) is 1. The Morgan fingerprint density at radius 1 is 1.19 bits per heavy atom. The summed E-state index contributed by atoms with van der Waals surface area (Å²) in [4.78, 5) is 33.5. The predicted octanol–water partition coefficient (Wildman–Crippen LogP) is 6.05. The van der Waals surface area contributed by atoms with Crippen LogP contribution in [0.15, 0.2) is 17.1 Å². The van der Waals surface area contributed by atoms with Gasteiger partial charge in [-0.2, -0.15) is 0 Å². The fourth-order valence-electron chi connectivity index (χ4n) is 9.09. The third-order valence-electron chi connectivity index (χ3n) is 10.9. The van der Waals surface area contributed by atoms with Gasteiger partial charge in [-0.05, 0) is 80.5 Å². The summed E-state index contributed by atoms with van der Waals surface area (Å²) in [5, 5.41) is 12.4. The van der Waals surface area contributed by atoms with Crippen molar-refractivity contribution < 1.29 is 14.7 Å². The molecular formula is C31H48N2O3S. The van der Waals surface area contributed by atoms with Crippen molar-refractivity contribution in [3.63, 3.8) is 0 Å². The average Bonchev–Trinajstić information content (AvgIpc) is 3.33. The Hall–Kier alpha value is -1.14. The Morgan fingerprint density at radius 2 is 1.97 bits per heavy atom. The van der Waals surface area contributed by atoms with Gasteiger partial charge in [-0.1, -0.05) is 57.0 Å². The van der Waals surface area contributed by atoms with Crippen LogP contribution >= 0.6 is 11.8 Å². The summed E-state index contributed by atoms with van der Waals surface area (Å²) in [6.07, 6.45) is 12.7.